The first-order valence-corrected chi connectivity index (χ1v) is 7.42. The molecular formula is C11H17NO3S. The van der Waals surface area contributed by atoms with Gasteiger partial charge in [0, 0.05) is 0 Å². The van der Waals surface area contributed by atoms with E-state index in [2.05, 4.69) is 5.32 Å². The van der Waals surface area contributed by atoms with Gasteiger partial charge in [-0.05, 0) is 31.0 Å². The summed E-state index contributed by atoms with van der Waals surface area (Å²) < 4.78 is 28.3. The molecule has 5 heteroatoms. The van der Waals surface area contributed by atoms with E-state index >= 15 is 0 Å². The molecule has 0 radical (unpaired) electrons. The molecule has 0 bridgehead atoms. The molecule has 1 fully saturated rings. The van der Waals surface area contributed by atoms with Gasteiger partial charge in [0.1, 0.15) is 5.76 Å². The fourth-order valence-electron chi connectivity index (χ4n) is 2.27. The third-order valence-corrected chi connectivity index (χ3v) is 4.81. The number of rotatable bonds is 4. The molecule has 0 saturated carbocycles. The Morgan fingerprint density at radius 3 is 2.94 bits per heavy atom. The SMILES string of the molecule is CCNC(c1ccco1)C1CCS(=O)(=O)C1. The second-order valence-corrected chi connectivity index (χ2v) is 6.44. The first-order chi connectivity index (χ1) is 7.62. The van der Waals surface area contributed by atoms with E-state index in [-0.39, 0.29) is 17.7 Å². The summed E-state index contributed by atoms with van der Waals surface area (Å²) in [6.45, 7) is 2.82. The minimum atomic E-state index is -2.83. The van der Waals surface area contributed by atoms with Crippen LogP contribution in [0.3, 0.4) is 0 Å². The van der Waals surface area contributed by atoms with Crippen LogP contribution >= 0.6 is 0 Å². The number of sulfone groups is 1. The Morgan fingerprint density at radius 2 is 2.44 bits per heavy atom. The second-order valence-electron chi connectivity index (χ2n) is 4.21. The first-order valence-electron chi connectivity index (χ1n) is 5.59. The normalized spacial score (nSPS) is 25.7. The van der Waals surface area contributed by atoms with Crippen molar-refractivity contribution >= 4 is 9.84 Å². The third-order valence-electron chi connectivity index (χ3n) is 3.01. The predicted octanol–water partition coefficient (Wildman–Crippen LogP) is 1.36. The summed E-state index contributed by atoms with van der Waals surface area (Å²) in [6.07, 6.45) is 2.35. The Labute approximate surface area is 95.9 Å². The summed E-state index contributed by atoms with van der Waals surface area (Å²) in [7, 11) is -2.83. The molecule has 1 aromatic rings. The van der Waals surface area contributed by atoms with Gasteiger partial charge in [-0.15, -0.1) is 0 Å². The van der Waals surface area contributed by atoms with Gasteiger partial charge in [-0.1, -0.05) is 6.92 Å². The number of hydrogen-bond acceptors (Lipinski definition) is 4. The lowest BCUT2D eigenvalue weighted by atomic mass is 9.97. The highest BCUT2D eigenvalue weighted by atomic mass is 32.2. The molecule has 2 atom stereocenters. The maximum Gasteiger partial charge on any atom is 0.150 e. The smallest absolute Gasteiger partial charge is 0.150 e. The van der Waals surface area contributed by atoms with Crippen LogP contribution in [0.5, 0.6) is 0 Å². The average Bonchev–Trinajstić information content (AvgIpc) is 2.83. The molecule has 1 saturated heterocycles. The maximum absolute atomic E-state index is 11.5. The van der Waals surface area contributed by atoms with Gasteiger partial charge < -0.3 is 9.73 Å². The molecule has 0 spiro atoms. The molecule has 90 valence electrons. The van der Waals surface area contributed by atoms with Crippen molar-refractivity contribution in [2.75, 3.05) is 18.1 Å². The number of nitrogens with one attached hydrogen (secondary N) is 1. The van der Waals surface area contributed by atoms with Crippen molar-refractivity contribution in [3.8, 4) is 0 Å². The quantitative estimate of drug-likeness (QED) is 0.867. The Morgan fingerprint density at radius 1 is 1.62 bits per heavy atom. The molecule has 1 aliphatic heterocycles. The van der Waals surface area contributed by atoms with Crippen molar-refractivity contribution in [3.63, 3.8) is 0 Å². The van der Waals surface area contributed by atoms with E-state index in [0.29, 0.717) is 5.75 Å². The van der Waals surface area contributed by atoms with Crippen molar-refractivity contribution in [3.05, 3.63) is 24.2 Å². The molecule has 16 heavy (non-hydrogen) atoms. The fraction of sp³-hybridized carbons (Fsp3) is 0.636. The molecule has 2 heterocycles. The molecule has 1 aromatic heterocycles. The molecule has 2 unspecified atom stereocenters. The molecule has 0 amide bonds. The van der Waals surface area contributed by atoms with Crippen LogP contribution in [0.15, 0.2) is 22.8 Å². The summed E-state index contributed by atoms with van der Waals surface area (Å²) in [5.74, 6) is 1.55. The summed E-state index contributed by atoms with van der Waals surface area (Å²) in [6, 6.07) is 3.76. The van der Waals surface area contributed by atoms with E-state index in [4.69, 9.17) is 4.42 Å². The summed E-state index contributed by atoms with van der Waals surface area (Å²) in [5, 5.41) is 3.31. The van der Waals surface area contributed by atoms with E-state index in [1.165, 1.54) is 0 Å². The molecule has 2 rings (SSSR count). The van der Waals surface area contributed by atoms with E-state index in [9.17, 15) is 8.42 Å². The van der Waals surface area contributed by atoms with Crippen LogP contribution in [-0.4, -0.2) is 26.5 Å². The van der Waals surface area contributed by atoms with Gasteiger partial charge in [0.15, 0.2) is 9.84 Å². The zero-order valence-electron chi connectivity index (χ0n) is 9.35. The van der Waals surface area contributed by atoms with Crippen molar-refractivity contribution in [2.24, 2.45) is 5.92 Å². The van der Waals surface area contributed by atoms with Crippen molar-refractivity contribution in [1.82, 2.24) is 5.32 Å². The molecular weight excluding hydrogens is 226 g/mol. The summed E-state index contributed by atoms with van der Waals surface area (Å²) >= 11 is 0. The average molecular weight is 243 g/mol. The molecule has 0 aliphatic carbocycles. The van der Waals surface area contributed by atoms with Crippen LogP contribution in [0.4, 0.5) is 0 Å². The number of furan rings is 1. The zero-order valence-corrected chi connectivity index (χ0v) is 10.2. The highest BCUT2D eigenvalue weighted by molar-refractivity contribution is 7.91. The number of hydrogen-bond donors (Lipinski definition) is 1. The van der Waals surface area contributed by atoms with Gasteiger partial charge in [0.25, 0.3) is 0 Å². The molecule has 0 aromatic carbocycles. The van der Waals surface area contributed by atoms with Gasteiger partial charge in [0.2, 0.25) is 0 Å². The summed E-state index contributed by atoms with van der Waals surface area (Å²) in [4.78, 5) is 0. The molecule has 1 aliphatic rings. The van der Waals surface area contributed by atoms with Crippen molar-refractivity contribution < 1.29 is 12.8 Å². The monoisotopic (exact) mass is 243 g/mol. The maximum atomic E-state index is 11.5. The minimum absolute atomic E-state index is 0.0253. The Kier molecular flexibility index (Phi) is 3.35. The fourth-order valence-corrected chi connectivity index (χ4v) is 4.11. The lowest BCUT2D eigenvalue weighted by Crippen LogP contribution is -2.28. The van der Waals surface area contributed by atoms with Crippen LogP contribution in [-0.2, 0) is 9.84 Å². The van der Waals surface area contributed by atoms with Gasteiger partial charge in [-0.25, -0.2) is 8.42 Å². The van der Waals surface area contributed by atoms with Gasteiger partial charge in [-0.2, -0.15) is 0 Å². The van der Waals surface area contributed by atoms with Crippen molar-refractivity contribution in [1.29, 1.82) is 0 Å². The lowest BCUT2D eigenvalue weighted by molar-refractivity contribution is 0.334. The van der Waals surface area contributed by atoms with Crippen LogP contribution in [0, 0.1) is 5.92 Å². The van der Waals surface area contributed by atoms with E-state index in [1.54, 1.807) is 6.26 Å². The highest BCUT2D eigenvalue weighted by Gasteiger charge is 2.35. The van der Waals surface area contributed by atoms with Gasteiger partial charge >= 0.3 is 0 Å². The lowest BCUT2D eigenvalue weighted by Gasteiger charge is -2.21. The van der Waals surface area contributed by atoms with Crippen molar-refractivity contribution in [2.45, 2.75) is 19.4 Å². The predicted molar refractivity (Wildman–Crippen MR) is 61.9 cm³/mol. The van der Waals surface area contributed by atoms with Gasteiger partial charge in [0.05, 0.1) is 23.8 Å². The molecule has 4 nitrogen and oxygen atoms in total. The van der Waals surface area contributed by atoms with Crippen LogP contribution < -0.4 is 5.32 Å². The topological polar surface area (TPSA) is 59.3 Å². The van der Waals surface area contributed by atoms with E-state index in [0.717, 1.165) is 18.7 Å². The van der Waals surface area contributed by atoms with Crippen LogP contribution in [0.2, 0.25) is 0 Å². The second kappa shape index (κ2) is 4.59. The first kappa shape index (κ1) is 11.7. The van der Waals surface area contributed by atoms with Gasteiger partial charge in [-0.3, -0.25) is 0 Å². The largest absolute Gasteiger partial charge is 0.468 e. The zero-order chi connectivity index (χ0) is 11.6. The molecule has 1 N–H and O–H groups in total. The minimum Gasteiger partial charge on any atom is -0.468 e. The highest BCUT2D eigenvalue weighted by Crippen LogP contribution is 2.31. The standard InChI is InChI=1S/C11H17NO3S/c1-2-12-11(10-4-3-6-15-10)9-5-7-16(13,14)8-9/h3-4,6,9,11-12H,2,5,7-8H2,1H3. The summed E-state index contributed by atoms with van der Waals surface area (Å²) in [5.41, 5.74) is 0. The van der Waals surface area contributed by atoms with E-state index in [1.807, 2.05) is 19.1 Å². The van der Waals surface area contributed by atoms with Crippen LogP contribution in [0.25, 0.3) is 0 Å². The van der Waals surface area contributed by atoms with E-state index < -0.39 is 9.84 Å². The Bertz CT molecular complexity index is 424. The third kappa shape index (κ3) is 2.47. The van der Waals surface area contributed by atoms with Crippen LogP contribution in [0.1, 0.15) is 25.1 Å². The Balaban J connectivity index is 2.15. The Hall–Kier alpha value is -0.810.